The fourth-order valence-electron chi connectivity index (χ4n) is 0. The van der Waals surface area contributed by atoms with Crippen LogP contribution in [-0.2, 0) is 9.74 Å². The van der Waals surface area contributed by atoms with E-state index in [-0.39, 0.29) is 0 Å². The van der Waals surface area contributed by atoms with E-state index < -0.39 is 14.3 Å². The molecule has 0 spiro atoms. The summed E-state index contributed by atoms with van der Waals surface area (Å²) in [6.07, 6.45) is 0. The zero-order valence-electron chi connectivity index (χ0n) is 3.31. The average Bonchev–Trinajstić information content (AvgIpc) is 1.25. The van der Waals surface area contributed by atoms with E-state index in [1.807, 2.05) is 0 Å². The van der Waals surface area contributed by atoms with Crippen molar-refractivity contribution < 1.29 is 13.0 Å². The van der Waals surface area contributed by atoms with Gasteiger partial charge in [0.2, 0.25) is 0 Å². The van der Waals surface area contributed by atoms with Crippen molar-refractivity contribution in [1.29, 1.82) is 0 Å². The molecule has 0 atom stereocenters. The first-order chi connectivity index (χ1) is 3.25. The summed E-state index contributed by atoms with van der Waals surface area (Å²) in [5.74, 6) is 0. The van der Waals surface area contributed by atoms with Crippen molar-refractivity contribution in [3.8, 4) is 0 Å². The molecule has 0 amide bonds. The van der Waals surface area contributed by atoms with Crippen molar-refractivity contribution in [3.63, 3.8) is 0 Å². The first-order valence-electron chi connectivity index (χ1n) is 1.29. The van der Waals surface area contributed by atoms with Crippen LogP contribution in [-0.4, -0.2) is 13.0 Å². The van der Waals surface area contributed by atoms with Gasteiger partial charge >= 0.3 is 61.0 Å². The second-order valence-corrected chi connectivity index (χ2v) is 15.0. The van der Waals surface area contributed by atoms with Gasteiger partial charge in [-0.3, -0.25) is 0 Å². The molecular weight excluding hydrogens is 217 g/mol. The standard InChI is InChI=1S/Cl3H2O3PS/c1-7(2,3)8(4,5)6/h7H,(H,4,5,6). The Hall–Kier alpha value is 1.21. The molecule has 0 aliphatic carbocycles. The van der Waals surface area contributed by atoms with Crippen LogP contribution in [0.3, 0.4) is 0 Å². The molecule has 0 aliphatic rings. The molecule has 0 saturated heterocycles. The molecule has 0 heterocycles. The topological polar surface area (TPSA) is 54.4 Å². The van der Waals surface area contributed by atoms with Crippen LogP contribution < -0.4 is 0 Å². The Balaban J connectivity index is 4.53. The third kappa shape index (κ3) is 2.67. The normalized spacial score (nSPS) is 16.0. The maximum absolute atomic E-state index is 9.87. The summed E-state index contributed by atoms with van der Waals surface area (Å²) < 4.78 is 23.8. The Morgan fingerprint density at radius 3 is 1.38 bits per heavy atom. The second kappa shape index (κ2) is 2.45. The minimum absolute atomic E-state index is 3.91. The van der Waals surface area contributed by atoms with Crippen LogP contribution in [0, 0.1) is 0 Å². The van der Waals surface area contributed by atoms with E-state index >= 15 is 0 Å². The first-order valence-corrected chi connectivity index (χ1v) is 8.49. The molecule has 8 heteroatoms. The fraction of sp³-hybridized carbons (Fsp3) is 0. The van der Waals surface area contributed by atoms with Gasteiger partial charge in [-0.1, -0.05) is 0 Å². The van der Waals surface area contributed by atoms with Crippen molar-refractivity contribution in [2.24, 2.45) is 0 Å². The predicted molar refractivity (Wildman–Crippen MR) is 37.4 cm³/mol. The summed E-state index contributed by atoms with van der Waals surface area (Å²) in [6.45, 7) is 0. The number of hydrogen-bond donors (Lipinski definition) is 1. The Labute approximate surface area is 61.1 Å². The van der Waals surface area contributed by atoms with Gasteiger partial charge in [0.25, 0.3) is 0 Å². The Kier molecular flexibility index (Phi) is 2.82. The summed E-state index contributed by atoms with van der Waals surface area (Å²) in [7, 11) is -4.41. The van der Waals surface area contributed by atoms with Gasteiger partial charge in [-0.2, -0.15) is 0 Å². The molecule has 0 aromatic carbocycles. The van der Waals surface area contributed by atoms with Crippen molar-refractivity contribution in [3.05, 3.63) is 0 Å². The number of rotatable bonds is 1. The molecule has 52 valence electrons. The average molecular weight is 219 g/mol. The van der Waals surface area contributed by atoms with Crippen LogP contribution in [0.1, 0.15) is 0 Å². The summed E-state index contributed by atoms with van der Waals surface area (Å²) in [5, 5.41) is 0. The van der Waals surface area contributed by atoms with E-state index in [1.165, 1.54) is 0 Å². The molecular formula is H2Cl3O3PS. The zero-order chi connectivity index (χ0) is 7.00. The van der Waals surface area contributed by atoms with Gasteiger partial charge in [0, 0.05) is 0 Å². The van der Waals surface area contributed by atoms with Gasteiger partial charge in [0.1, 0.15) is 0 Å². The number of hydrogen-bond acceptors (Lipinski definition) is 2. The summed E-state index contributed by atoms with van der Waals surface area (Å²) in [6, 6.07) is 0. The van der Waals surface area contributed by atoms with Crippen molar-refractivity contribution >= 4 is 48.0 Å². The minimum atomic E-state index is -4.41. The van der Waals surface area contributed by atoms with Crippen molar-refractivity contribution in [2.45, 2.75) is 0 Å². The van der Waals surface area contributed by atoms with E-state index in [1.54, 1.807) is 0 Å². The molecule has 0 aromatic rings. The van der Waals surface area contributed by atoms with Gasteiger partial charge in [-0.15, -0.1) is 0 Å². The van der Waals surface area contributed by atoms with Gasteiger partial charge in [-0.25, -0.2) is 0 Å². The van der Waals surface area contributed by atoms with Gasteiger partial charge in [0.15, 0.2) is 0 Å². The molecule has 0 rings (SSSR count). The van der Waals surface area contributed by atoms with E-state index in [0.717, 1.165) is 0 Å². The van der Waals surface area contributed by atoms with Crippen LogP contribution in [0.15, 0.2) is 0 Å². The predicted octanol–water partition coefficient (Wildman–Crippen LogP) is 2.00. The molecule has 3 nitrogen and oxygen atoms in total. The summed E-state index contributed by atoms with van der Waals surface area (Å²) >= 11 is 14.5. The fourth-order valence-corrected chi connectivity index (χ4v) is 0. The van der Waals surface area contributed by atoms with Crippen LogP contribution in [0.4, 0.5) is 0 Å². The molecule has 0 saturated carbocycles. The molecule has 0 radical (unpaired) electrons. The van der Waals surface area contributed by atoms with Gasteiger partial charge in [-0.05, 0) is 0 Å². The quantitative estimate of drug-likeness (QED) is 0.542. The third-order valence-electron chi connectivity index (χ3n) is 0.292. The molecule has 0 aromatic heterocycles. The Morgan fingerprint density at radius 2 is 1.38 bits per heavy atom. The first kappa shape index (κ1) is 9.21. The van der Waals surface area contributed by atoms with Crippen molar-refractivity contribution in [1.82, 2.24) is 0 Å². The molecule has 0 unspecified atom stereocenters. The Morgan fingerprint density at radius 1 is 1.25 bits per heavy atom. The van der Waals surface area contributed by atoms with Crippen LogP contribution in [0.5, 0.6) is 0 Å². The molecule has 0 bridgehead atoms. The van der Waals surface area contributed by atoms with E-state index in [2.05, 4.69) is 0 Å². The molecule has 0 fully saturated rings. The van der Waals surface area contributed by atoms with E-state index in [0.29, 0.717) is 0 Å². The SMILES string of the molecule is O=S(=O)(O)[PH](Cl)(Cl)Cl. The zero-order valence-corrected chi connectivity index (χ0v) is 7.39. The van der Waals surface area contributed by atoms with Gasteiger partial charge < -0.3 is 0 Å². The summed E-state index contributed by atoms with van der Waals surface area (Å²) in [5.41, 5.74) is 0. The van der Waals surface area contributed by atoms with E-state index in [9.17, 15) is 8.42 Å². The third-order valence-corrected chi connectivity index (χ3v) is 7.90. The maximum atomic E-state index is 9.87. The van der Waals surface area contributed by atoms with Crippen LogP contribution in [0.2, 0.25) is 0 Å². The van der Waals surface area contributed by atoms with Crippen molar-refractivity contribution in [2.75, 3.05) is 0 Å². The van der Waals surface area contributed by atoms with E-state index in [4.69, 9.17) is 38.3 Å². The van der Waals surface area contributed by atoms with Crippen LogP contribution in [0.25, 0.3) is 0 Å². The monoisotopic (exact) mass is 218 g/mol. The Bertz CT molecular complexity index is 163. The second-order valence-electron chi connectivity index (χ2n) is 0.921. The molecule has 1 N–H and O–H groups in total. The number of halogens is 3. The molecule has 8 heavy (non-hydrogen) atoms. The summed E-state index contributed by atoms with van der Waals surface area (Å²) in [4.78, 5) is 0. The van der Waals surface area contributed by atoms with Crippen LogP contribution >= 0.6 is 38.2 Å². The molecule has 0 aliphatic heterocycles. The van der Waals surface area contributed by atoms with Gasteiger partial charge in [0.05, 0.1) is 0 Å².